The topological polar surface area (TPSA) is 46.2 Å². The van der Waals surface area contributed by atoms with E-state index in [4.69, 9.17) is 0 Å². The molecule has 0 aromatic heterocycles. The number of nitrogens with one attached hydrogen (secondary N) is 1. The molecule has 4 heteroatoms. The van der Waals surface area contributed by atoms with Crippen LogP contribution in [0.25, 0.3) is 0 Å². The van der Waals surface area contributed by atoms with Crippen LogP contribution in [0.15, 0.2) is 47.4 Å². The minimum absolute atomic E-state index is 0.339. The fourth-order valence-corrected chi connectivity index (χ4v) is 3.09. The summed E-state index contributed by atoms with van der Waals surface area (Å²) in [6.45, 7) is 0.529. The molecule has 0 aliphatic heterocycles. The fourth-order valence-electron chi connectivity index (χ4n) is 1.95. The van der Waals surface area contributed by atoms with E-state index in [9.17, 15) is 8.42 Å². The van der Waals surface area contributed by atoms with E-state index < -0.39 is 10.0 Å². The minimum Gasteiger partial charge on any atom is -0.211 e. The van der Waals surface area contributed by atoms with Gasteiger partial charge in [-0.15, -0.1) is 0 Å². The molecule has 0 radical (unpaired) electrons. The molecule has 0 heterocycles. The van der Waals surface area contributed by atoms with Crippen molar-refractivity contribution in [3.05, 3.63) is 42.5 Å². The monoisotopic (exact) mass is 251 g/mol. The van der Waals surface area contributed by atoms with Gasteiger partial charge in [0.2, 0.25) is 10.0 Å². The number of allylic oxidation sites excluding steroid dienone is 2. The zero-order valence-corrected chi connectivity index (χ0v) is 10.5. The van der Waals surface area contributed by atoms with Crippen molar-refractivity contribution in [2.24, 2.45) is 5.92 Å². The maximum atomic E-state index is 11.9. The van der Waals surface area contributed by atoms with Crippen molar-refractivity contribution in [2.75, 3.05) is 6.54 Å². The minimum atomic E-state index is -3.33. The maximum Gasteiger partial charge on any atom is 0.240 e. The Balaban J connectivity index is 1.96. The highest BCUT2D eigenvalue weighted by atomic mass is 32.2. The van der Waals surface area contributed by atoms with Crippen LogP contribution in [-0.2, 0) is 10.0 Å². The Labute approximate surface area is 103 Å². The Bertz CT molecular complexity index is 479. The Morgan fingerprint density at radius 1 is 1.18 bits per heavy atom. The third kappa shape index (κ3) is 3.41. The lowest BCUT2D eigenvalue weighted by atomic mass is 9.95. The van der Waals surface area contributed by atoms with E-state index in [2.05, 4.69) is 16.9 Å². The van der Waals surface area contributed by atoms with Crippen LogP contribution in [0.5, 0.6) is 0 Å². The Kier molecular flexibility index (Phi) is 3.97. The van der Waals surface area contributed by atoms with Crippen LogP contribution in [0.2, 0.25) is 0 Å². The summed E-state index contributed by atoms with van der Waals surface area (Å²) in [5.74, 6) is 0.429. The van der Waals surface area contributed by atoms with Gasteiger partial charge in [-0.05, 0) is 37.3 Å². The highest BCUT2D eigenvalue weighted by Crippen LogP contribution is 2.18. The van der Waals surface area contributed by atoms with Gasteiger partial charge in [-0.2, -0.15) is 0 Å². The molecule has 0 bridgehead atoms. The molecule has 1 unspecified atom stereocenters. The predicted molar refractivity (Wildman–Crippen MR) is 68.1 cm³/mol. The molecule has 0 saturated heterocycles. The van der Waals surface area contributed by atoms with Gasteiger partial charge >= 0.3 is 0 Å². The normalized spacial score (nSPS) is 20.4. The number of sulfonamides is 1. The number of rotatable bonds is 4. The fraction of sp³-hybridized carbons (Fsp3) is 0.385. The zero-order valence-electron chi connectivity index (χ0n) is 9.67. The van der Waals surface area contributed by atoms with E-state index in [1.54, 1.807) is 24.3 Å². The predicted octanol–water partition coefficient (Wildman–Crippen LogP) is 2.32. The smallest absolute Gasteiger partial charge is 0.211 e. The third-order valence-corrected chi connectivity index (χ3v) is 4.43. The summed E-state index contributed by atoms with van der Waals surface area (Å²) in [4.78, 5) is 0.339. The molecule has 1 N–H and O–H groups in total. The summed E-state index contributed by atoms with van der Waals surface area (Å²) in [6, 6.07) is 8.51. The Hall–Kier alpha value is -1.13. The van der Waals surface area contributed by atoms with Crippen molar-refractivity contribution >= 4 is 10.0 Å². The van der Waals surface area contributed by atoms with Crippen LogP contribution in [-0.4, -0.2) is 15.0 Å². The zero-order chi connectivity index (χ0) is 12.1. The molecule has 1 aliphatic rings. The van der Waals surface area contributed by atoms with E-state index in [-0.39, 0.29) is 0 Å². The van der Waals surface area contributed by atoms with E-state index in [0.29, 0.717) is 17.4 Å². The second-order valence-corrected chi connectivity index (χ2v) is 6.08. The van der Waals surface area contributed by atoms with Gasteiger partial charge in [0.15, 0.2) is 0 Å². The van der Waals surface area contributed by atoms with Crippen LogP contribution < -0.4 is 4.72 Å². The quantitative estimate of drug-likeness (QED) is 0.835. The lowest BCUT2D eigenvalue weighted by Crippen LogP contribution is -2.29. The lowest BCUT2D eigenvalue weighted by molar-refractivity contribution is 0.468. The summed E-state index contributed by atoms with van der Waals surface area (Å²) < 4.78 is 26.6. The highest BCUT2D eigenvalue weighted by molar-refractivity contribution is 7.89. The van der Waals surface area contributed by atoms with Crippen LogP contribution in [0.1, 0.15) is 19.3 Å². The van der Waals surface area contributed by atoms with Crippen LogP contribution >= 0.6 is 0 Å². The van der Waals surface area contributed by atoms with Gasteiger partial charge in [-0.1, -0.05) is 30.4 Å². The van der Waals surface area contributed by atoms with Crippen molar-refractivity contribution in [1.82, 2.24) is 4.72 Å². The molecule has 1 aliphatic carbocycles. The van der Waals surface area contributed by atoms with Gasteiger partial charge in [0.05, 0.1) is 4.90 Å². The highest BCUT2D eigenvalue weighted by Gasteiger charge is 2.16. The molecule has 0 saturated carbocycles. The summed E-state index contributed by atoms with van der Waals surface area (Å²) in [5.41, 5.74) is 0. The molecule has 17 heavy (non-hydrogen) atoms. The Morgan fingerprint density at radius 2 is 1.94 bits per heavy atom. The average molecular weight is 251 g/mol. The number of hydrogen-bond donors (Lipinski definition) is 1. The second kappa shape index (κ2) is 5.47. The first kappa shape index (κ1) is 12.3. The molecule has 1 aromatic rings. The van der Waals surface area contributed by atoms with E-state index in [0.717, 1.165) is 19.3 Å². The van der Waals surface area contributed by atoms with Crippen molar-refractivity contribution in [2.45, 2.75) is 24.2 Å². The van der Waals surface area contributed by atoms with E-state index in [1.807, 2.05) is 6.07 Å². The van der Waals surface area contributed by atoms with Gasteiger partial charge in [-0.3, -0.25) is 0 Å². The van der Waals surface area contributed by atoms with Crippen molar-refractivity contribution < 1.29 is 8.42 Å². The molecular formula is C13H17NO2S. The summed E-state index contributed by atoms with van der Waals surface area (Å²) in [6.07, 6.45) is 7.37. The first-order chi connectivity index (χ1) is 8.18. The number of hydrogen-bond acceptors (Lipinski definition) is 2. The molecular weight excluding hydrogens is 234 g/mol. The van der Waals surface area contributed by atoms with Crippen LogP contribution in [0.3, 0.4) is 0 Å². The van der Waals surface area contributed by atoms with Gasteiger partial charge < -0.3 is 0 Å². The van der Waals surface area contributed by atoms with Gasteiger partial charge in [-0.25, -0.2) is 13.1 Å². The standard InChI is InChI=1S/C13H17NO2S/c15-17(16,13-9-5-2-6-10-13)14-11-12-7-3-1-4-8-12/h1-3,5-6,9-10,12,14H,4,7-8,11H2. The molecule has 1 aromatic carbocycles. The van der Waals surface area contributed by atoms with Crippen molar-refractivity contribution in [1.29, 1.82) is 0 Å². The van der Waals surface area contributed by atoms with Crippen LogP contribution in [0.4, 0.5) is 0 Å². The van der Waals surface area contributed by atoms with E-state index >= 15 is 0 Å². The molecule has 3 nitrogen and oxygen atoms in total. The second-order valence-electron chi connectivity index (χ2n) is 4.32. The summed E-state index contributed by atoms with van der Waals surface area (Å²) >= 11 is 0. The van der Waals surface area contributed by atoms with Crippen molar-refractivity contribution in [3.63, 3.8) is 0 Å². The molecule has 0 fully saturated rings. The third-order valence-electron chi connectivity index (χ3n) is 2.99. The molecule has 2 rings (SSSR count). The molecule has 1 atom stereocenters. The molecule has 0 amide bonds. The SMILES string of the molecule is O=S(=O)(NCC1CC=CCC1)c1ccccc1. The van der Waals surface area contributed by atoms with Crippen molar-refractivity contribution in [3.8, 4) is 0 Å². The first-order valence-electron chi connectivity index (χ1n) is 5.88. The largest absolute Gasteiger partial charge is 0.240 e. The maximum absolute atomic E-state index is 11.9. The Morgan fingerprint density at radius 3 is 2.59 bits per heavy atom. The first-order valence-corrected chi connectivity index (χ1v) is 7.36. The lowest BCUT2D eigenvalue weighted by Gasteiger charge is -2.18. The number of benzene rings is 1. The van der Waals surface area contributed by atoms with Gasteiger partial charge in [0.1, 0.15) is 0 Å². The summed E-state index contributed by atoms with van der Waals surface area (Å²) in [7, 11) is -3.33. The average Bonchev–Trinajstić information content (AvgIpc) is 2.39. The van der Waals surface area contributed by atoms with E-state index in [1.165, 1.54) is 0 Å². The summed E-state index contributed by atoms with van der Waals surface area (Å²) in [5, 5.41) is 0. The molecule has 0 spiro atoms. The van der Waals surface area contributed by atoms with Gasteiger partial charge in [0.25, 0.3) is 0 Å². The van der Waals surface area contributed by atoms with Gasteiger partial charge in [0, 0.05) is 6.54 Å². The van der Waals surface area contributed by atoms with Crippen LogP contribution in [0, 0.1) is 5.92 Å². The molecule has 92 valence electrons.